The molecular formula is C20H21ClN4O2. The average Bonchev–Trinajstić information content (AvgIpc) is 3.17. The van der Waals surface area contributed by atoms with Crippen LogP contribution >= 0.6 is 11.6 Å². The summed E-state index contributed by atoms with van der Waals surface area (Å²) < 4.78 is 14.3. The van der Waals surface area contributed by atoms with Crippen LogP contribution in [-0.2, 0) is 11.2 Å². The first-order valence-corrected chi connectivity index (χ1v) is 9.73. The summed E-state index contributed by atoms with van der Waals surface area (Å²) >= 11 is 6.26. The molecule has 27 heavy (non-hydrogen) atoms. The van der Waals surface area contributed by atoms with E-state index in [9.17, 15) is 0 Å². The fourth-order valence-electron chi connectivity index (χ4n) is 3.66. The topological polar surface area (TPSA) is 75.2 Å². The maximum Gasteiger partial charge on any atom is 0.147 e. The van der Waals surface area contributed by atoms with Crippen LogP contribution in [0.1, 0.15) is 37.5 Å². The van der Waals surface area contributed by atoms with Crippen molar-refractivity contribution in [3.05, 3.63) is 47.4 Å². The average molecular weight is 385 g/mol. The van der Waals surface area contributed by atoms with Crippen molar-refractivity contribution in [2.75, 3.05) is 5.73 Å². The van der Waals surface area contributed by atoms with Gasteiger partial charge in [0, 0.05) is 6.20 Å². The van der Waals surface area contributed by atoms with Crippen molar-refractivity contribution in [1.82, 2.24) is 14.5 Å². The number of halogens is 1. The zero-order chi connectivity index (χ0) is 18.4. The fraction of sp³-hybridized carbons (Fsp3) is 0.400. The highest BCUT2D eigenvalue weighted by Crippen LogP contribution is 2.36. The van der Waals surface area contributed by atoms with Crippen molar-refractivity contribution in [1.29, 1.82) is 0 Å². The van der Waals surface area contributed by atoms with Gasteiger partial charge in [0.2, 0.25) is 0 Å². The molecule has 2 unspecified atom stereocenters. The van der Waals surface area contributed by atoms with Gasteiger partial charge in [-0.1, -0.05) is 17.7 Å². The Balaban J connectivity index is 1.30. The number of benzene rings is 1. The maximum atomic E-state index is 6.31. The Morgan fingerprint density at radius 2 is 2.07 bits per heavy atom. The number of nitrogens with two attached hydrogens (primary N) is 1. The third kappa shape index (κ3) is 3.35. The molecule has 0 spiro atoms. The predicted octanol–water partition coefficient (Wildman–Crippen LogP) is 4.13. The number of hydrogen-bond donors (Lipinski definition) is 1. The summed E-state index contributed by atoms with van der Waals surface area (Å²) in [5.74, 6) is 1.28. The van der Waals surface area contributed by atoms with Crippen LogP contribution in [0.5, 0.6) is 5.75 Å². The zero-order valence-electron chi connectivity index (χ0n) is 14.8. The smallest absolute Gasteiger partial charge is 0.147 e. The second-order valence-corrected chi connectivity index (χ2v) is 7.70. The van der Waals surface area contributed by atoms with Crippen LogP contribution in [0.15, 0.2) is 36.8 Å². The van der Waals surface area contributed by atoms with Crippen molar-refractivity contribution >= 4 is 28.5 Å². The molecule has 2 atom stereocenters. The van der Waals surface area contributed by atoms with Gasteiger partial charge in [0.1, 0.15) is 29.8 Å². The van der Waals surface area contributed by atoms with Gasteiger partial charge in [-0.2, -0.15) is 0 Å². The van der Waals surface area contributed by atoms with E-state index >= 15 is 0 Å². The van der Waals surface area contributed by atoms with Crippen LogP contribution in [0, 0.1) is 0 Å². The van der Waals surface area contributed by atoms with E-state index in [-0.39, 0.29) is 12.3 Å². The Kier molecular flexibility index (Phi) is 4.17. The standard InChI is InChI=1S/C20H21ClN4O2/c21-16-5-1-12(10-17(16)26-13-2-3-13)9-14-4-6-18(27-14)25-8-7-15-19(22)23-11-24-20(15)25/h1,5,7-8,10-11,13-14,18H,2-4,6,9H2,(H2,22,23,24). The molecule has 1 saturated heterocycles. The molecule has 3 heterocycles. The van der Waals surface area contributed by atoms with E-state index in [1.54, 1.807) is 0 Å². The highest BCUT2D eigenvalue weighted by molar-refractivity contribution is 6.32. The molecular weight excluding hydrogens is 364 g/mol. The van der Waals surface area contributed by atoms with Gasteiger partial charge >= 0.3 is 0 Å². The fourth-order valence-corrected chi connectivity index (χ4v) is 3.82. The molecule has 2 aliphatic rings. The van der Waals surface area contributed by atoms with Crippen molar-refractivity contribution in [2.45, 2.75) is 50.5 Å². The Morgan fingerprint density at radius 3 is 2.93 bits per heavy atom. The first-order valence-electron chi connectivity index (χ1n) is 9.35. The minimum atomic E-state index is -0.0312. The number of nitrogen functional groups attached to an aromatic ring is 1. The summed E-state index contributed by atoms with van der Waals surface area (Å²) in [4.78, 5) is 8.42. The molecule has 5 rings (SSSR count). The predicted molar refractivity (Wildman–Crippen MR) is 104 cm³/mol. The molecule has 140 valence electrons. The van der Waals surface area contributed by atoms with Gasteiger partial charge in [-0.05, 0) is 55.9 Å². The maximum absolute atomic E-state index is 6.31. The zero-order valence-corrected chi connectivity index (χ0v) is 15.6. The molecule has 2 aromatic heterocycles. The summed E-state index contributed by atoms with van der Waals surface area (Å²) in [6.07, 6.45) is 8.94. The molecule has 1 saturated carbocycles. The van der Waals surface area contributed by atoms with Gasteiger partial charge in [-0.25, -0.2) is 9.97 Å². The van der Waals surface area contributed by atoms with Gasteiger partial charge < -0.3 is 19.8 Å². The first kappa shape index (κ1) is 16.8. The number of ether oxygens (including phenoxy) is 2. The monoisotopic (exact) mass is 384 g/mol. The SMILES string of the molecule is Nc1ncnc2c1ccn2C1CCC(Cc2ccc(Cl)c(OC3CC3)c2)O1. The lowest BCUT2D eigenvalue weighted by Crippen LogP contribution is -2.13. The summed E-state index contributed by atoms with van der Waals surface area (Å²) in [7, 11) is 0. The molecule has 2 N–H and O–H groups in total. The van der Waals surface area contributed by atoms with Gasteiger partial charge in [-0.15, -0.1) is 0 Å². The highest BCUT2D eigenvalue weighted by Gasteiger charge is 2.29. The summed E-state index contributed by atoms with van der Waals surface area (Å²) in [5.41, 5.74) is 7.94. The lowest BCUT2D eigenvalue weighted by atomic mass is 10.1. The van der Waals surface area contributed by atoms with Crippen LogP contribution in [0.25, 0.3) is 11.0 Å². The summed E-state index contributed by atoms with van der Waals surface area (Å²) in [5, 5.41) is 1.54. The molecule has 3 aromatic rings. The molecule has 1 aromatic carbocycles. The Morgan fingerprint density at radius 1 is 1.19 bits per heavy atom. The molecule has 7 heteroatoms. The van der Waals surface area contributed by atoms with Crippen LogP contribution < -0.4 is 10.5 Å². The number of anilines is 1. The minimum absolute atomic E-state index is 0.0312. The normalized spacial score (nSPS) is 22.4. The Labute approximate surface area is 162 Å². The van der Waals surface area contributed by atoms with E-state index in [1.807, 2.05) is 18.3 Å². The second-order valence-electron chi connectivity index (χ2n) is 7.30. The quantitative estimate of drug-likeness (QED) is 0.715. The molecule has 1 aliphatic carbocycles. The molecule has 0 radical (unpaired) electrons. The Bertz CT molecular complexity index is 985. The van der Waals surface area contributed by atoms with E-state index in [0.717, 1.165) is 48.9 Å². The molecule has 6 nitrogen and oxygen atoms in total. The Hall–Kier alpha value is -2.31. The number of fused-ring (bicyclic) bond motifs is 1. The summed E-state index contributed by atoms with van der Waals surface area (Å²) in [6.45, 7) is 0. The van der Waals surface area contributed by atoms with Crippen molar-refractivity contribution in [3.8, 4) is 5.75 Å². The van der Waals surface area contributed by atoms with E-state index in [4.69, 9.17) is 26.8 Å². The van der Waals surface area contributed by atoms with Crippen molar-refractivity contribution in [2.24, 2.45) is 0 Å². The second kappa shape index (κ2) is 6.69. The number of aromatic nitrogens is 3. The first-order chi connectivity index (χ1) is 13.2. The van der Waals surface area contributed by atoms with Gasteiger partial charge in [-0.3, -0.25) is 0 Å². The number of hydrogen-bond acceptors (Lipinski definition) is 5. The van der Waals surface area contributed by atoms with Crippen molar-refractivity contribution in [3.63, 3.8) is 0 Å². The van der Waals surface area contributed by atoms with E-state index in [1.165, 1.54) is 11.9 Å². The third-order valence-corrected chi connectivity index (χ3v) is 5.52. The number of nitrogens with zero attached hydrogens (tertiary/aromatic N) is 3. The van der Waals surface area contributed by atoms with E-state index in [2.05, 4.69) is 26.7 Å². The van der Waals surface area contributed by atoms with E-state index in [0.29, 0.717) is 16.9 Å². The van der Waals surface area contributed by atoms with Gasteiger partial charge in [0.15, 0.2) is 0 Å². The third-order valence-electron chi connectivity index (χ3n) is 5.21. The molecule has 0 bridgehead atoms. The lowest BCUT2D eigenvalue weighted by Gasteiger charge is -2.16. The van der Waals surface area contributed by atoms with Crippen LogP contribution in [0.3, 0.4) is 0 Å². The largest absolute Gasteiger partial charge is 0.489 e. The number of rotatable bonds is 5. The van der Waals surface area contributed by atoms with Crippen LogP contribution in [0.4, 0.5) is 5.82 Å². The van der Waals surface area contributed by atoms with Gasteiger partial charge in [0.25, 0.3) is 0 Å². The lowest BCUT2D eigenvalue weighted by molar-refractivity contribution is 0.00504. The highest BCUT2D eigenvalue weighted by atomic mass is 35.5. The van der Waals surface area contributed by atoms with Crippen LogP contribution in [-0.4, -0.2) is 26.7 Å². The minimum Gasteiger partial charge on any atom is -0.489 e. The molecule has 0 amide bonds. The van der Waals surface area contributed by atoms with Gasteiger partial charge in [0.05, 0.1) is 22.6 Å². The van der Waals surface area contributed by atoms with Crippen molar-refractivity contribution < 1.29 is 9.47 Å². The summed E-state index contributed by atoms with van der Waals surface area (Å²) in [6, 6.07) is 7.97. The van der Waals surface area contributed by atoms with E-state index < -0.39 is 0 Å². The van der Waals surface area contributed by atoms with Crippen LogP contribution in [0.2, 0.25) is 5.02 Å². The molecule has 2 fully saturated rings. The molecule has 1 aliphatic heterocycles.